The van der Waals surface area contributed by atoms with Crippen LogP contribution in [0.15, 0.2) is 12.2 Å². The van der Waals surface area contributed by atoms with Crippen LogP contribution in [0.3, 0.4) is 0 Å². The van der Waals surface area contributed by atoms with E-state index < -0.39 is 29.4 Å². The number of fused-ring (bicyclic) bond motifs is 4. The second-order valence-corrected chi connectivity index (χ2v) is 10.9. The quantitative estimate of drug-likeness (QED) is 0.403. The van der Waals surface area contributed by atoms with Crippen LogP contribution in [-0.4, -0.2) is 53.0 Å². The Kier molecular flexibility index (Phi) is 3.10. The van der Waals surface area contributed by atoms with E-state index in [0.29, 0.717) is 13.0 Å². The SMILES string of the molecule is C=C1C2C[C@]3([C@@H]1O)[C@@H]([C@H]1O[C@@H]21)[C@]12CCCC(C)(C)[C@H]1[C@H](OC(C)=O)[C@@]3(O)OC2. The molecule has 4 bridgehead atoms. The van der Waals surface area contributed by atoms with Gasteiger partial charge in [0.2, 0.25) is 5.79 Å². The summed E-state index contributed by atoms with van der Waals surface area (Å²) in [5.74, 6) is -2.15. The average molecular weight is 390 g/mol. The molecule has 0 aromatic rings. The molecule has 0 radical (unpaired) electrons. The lowest BCUT2D eigenvalue weighted by Crippen LogP contribution is -2.83. The Morgan fingerprint density at radius 1 is 1.25 bits per heavy atom. The molecule has 7 fully saturated rings. The van der Waals surface area contributed by atoms with Gasteiger partial charge in [0.05, 0.1) is 30.3 Å². The third-order valence-electron chi connectivity index (χ3n) is 9.47. The first-order chi connectivity index (χ1) is 13.1. The van der Waals surface area contributed by atoms with Gasteiger partial charge in [0.1, 0.15) is 0 Å². The Balaban J connectivity index is 1.61. The van der Waals surface area contributed by atoms with E-state index in [1.165, 1.54) is 6.92 Å². The van der Waals surface area contributed by atoms with Crippen LogP contribution in [0.5, 0.6) is 0 Å². The first-order valence-corrected chi connectivity index (χ1v) is 10.7. The molecular formula is C22H30O6. The summed E-state index contributed by atoms with van der Waals surface area (Å²) in [6.07, 6.45) is 2.06. The molecule has 6 nitrogen and oxygen atoms in total. The molecule has 28 heavy (non-hydrogen) atoms. The smallest absolute Gasteiger partial charge is 0.303 e. The molecule has 0 aromatic carbocycles. The molecule has 0 amide bonds. The van der Waals surface area contributed by atoms with Crippen molar-refractivity contribution in [2.24, 2.45) is 34.0 Å². The predicted octanol–water partition coefficient (Wildman–Crippen LogP) is 1.78. The summed E-state index contributed by atoms with van der Waals surface area (Å²) in [7, 11) is 0. The van der Waals surface area contributed by atoms with E-state index in [2.05, 4.69) is 20.4 Å². The van der Waals surface area contributed by atoms with Gasteiger partial charge >= 0.3 is 5.97 Å². The minimum absolute atomic E-state index is 0.00867. The van der Waals surface area contributed by atoms with Crippen molar-refractivity contribution in [2.75, 3.05) is 6.61 Å². The molecule has 1 unspecified atom stereocenters. The van der Waals surface area contributed by atoms with E-state index in [1.807, 2.05) is 0 Å². The second kappa shape index (κ2) is 4.85. The van der Waals surface area contributed by atoms with Crippen molar-refractivity contribution >= 4 is 5.97 Å². The van der Waals surface area contributed by atoms with Gasteiger partial charge in [-0.25, -0.2) is 0 Å². The predicted molar refractivity (Wildman–Crippen MR) is 97.8 cm³/mol. The summed E-state index contributed by atoms with van der Waals surface area (Å²) in [5, 5.41) is 23.5. The molecule has 0 aromatic heterocycles. The van der Waals surface area contributed by atoms with E-state index in [1.54, 1.807) is 0 Å². The van der Waals surface area contributed by atoms with E-state index >= 15 is 0 Å². The second-order valence-electron chi connectivity index (χ2n) is 10.9. The van der Waals surface area contributed by atoms with Gasteiger partial charge in [-0.3, -0.25) is 4.79 Å². The summed E-state index contributed by atoms with van der Waals surface area (Å²) in [5.41, 5.74) is -0.569. The Bertz CT molecular complexity index is 792. The standard InChI is InChI=1S/C22H30O6/c1-10-12-8-21(17(10)24)15(14-13(12)28-14)20-7-5-6-19(3,4)16(20)18(27-11(2)23)22(21,25)26-9-20/h12-18,24-25H,1,5-9H2,2-4H3/t12?,13-,14-,15-,16+,17+,18-,20+,21+,22+/m0/s1. The molecule has 4 aliphatic carbocycles. The molecule has 3 aliphatic heterocycles. The lowest BCUT2D eigenvalue weighted by molar-refractivity contribution is -0.455. The molecule has 4 saturated carbocycles. The van der Waals surface area contributed by atoms with Crippen LogP contribution in [0.25, 0.3) is 0 Å². The number of esters is 1. The highest BCUT2D eigenvalue weighted by molar-refractivity contribution is 5.66. The minimum atomic E-state index is -1.72. The molecule has 3 heterocycles. The summed E-state index contributed by atoms with van der Waals surface area (Å²) in [6.45, 7) is 10.4. The zero-order chi connectivity index (χ0) is 19.9. The summed E-state index contributed by atoms with van der Waals surface area (Å²) < 4.78 is 18.3. The van der Waals surface area contributed by atoms with Crippen LogP contribution < -0.4 is 0 Å². The van der Waals surface area contributed by atoms with Crippen molar-refractivity contribution in [3.8, 4) is 0 Å². The van der Waals surface area contributed by atoms with E-state index in [0.717, 1.165) is 24.8 Å². The number of epoxide rings is 1. The molecule has 10 atom stereocenters. The van der Waals surface area contributed by atoms with Crippen molar-refractivity contribution in [1.29, 1.82) is 0 Å². The highest BCUT2D eigenvalue weighted by Crippen LogP contribution is 2.80. The number of aliphatic hydroxyl groups is 2. The number of carbonyl (C=O) groups is 1. The third kappa shape index (κ3) is 1.64. The molecule has 154 valence electrons. The average Bonchev–Trinajstić information content (AvgIpc) is 3.36. The first kappa shape index (κ1) is 17.9. The van der Waals surface area contributed by atoms with E-state index in [4.69, 9.17) is 14.2 Å². The van der Waals surface area contributed by atoms with Crippen molar-refractivity contribution in [3.05, 3.63) is 12.2 Å². The van der Waals surface area contributed by atoms with Gasteiger partial charge in [-0.05, 0) is 30.3 Å². The number of hydrogen-bond donors (Lipinski definition) is 2. The lowest BCUT2D eigenvalue weighted by atomic mass is 9.36. The van der Waals surface area contributed by atoms with Crippen LogP contribution >= 0.6 is 0 Å². The number of ether oxygens (including phenoxy) is 3. The molecule has 7 rings (SSSR count). The lowest BCUT2D eigenvalue weighted by Gasteiger charge is -2.74. The molecule has 2 N–H and O–H groups in total. The number of hydrogen-bond acceptors (Lipinski definition) is 6. The zero-order valence-corrected chi connectivity index (χ0v) is 16.8. The molecular weight excluding hydrogens is 360 g/mol. The maximum atomic E-state index is 12.1. The van der Waals surface area contributed by atoms with Crippen molar-refractivity contribution in [2.45, 2.75) is 76.7 Å². The van der Waals surface area contributed by atoms with Crippen LogP contribution in [0.1, 0.15) is 46.5 Å². The summed E-state index contributed by atoms with van der Waals surface area (Å²) in [4.78, 5) is 12.1. The van der Waals surface area contributed by atoms with Gasteiger partial charge in [-0.1, -0.05) is 26.8 Å². The highest BCUT2D eigenvalue weighted by atomic mass is 16.7. The Labute approximate surface area is 165 Å². The third-order valence-corrected chi connectivity index (χ3v) is 9.47. The largest absolute Gasteiger partial charge is 0.456 e. The van der Waals surface area contributed by atoms with E-state index in [9.17, 15) is 15.0 Å². The number of rotatable bonds is 1. The van der Waals surface area contributed by atoms with Gasteiger partial charge in [-0.2, -0.15) is 0 Å². The van der Waals surface area contributed by atoms with Gasteiger partial charge in [-0.15, -0.1) is 0 Å². The van der Waals surface area contributed by atoms with Crippen LogP contribution in [0, 0.1) is 34.0 Å². The summed E-state index contributed by atoms with van der Waals surface area (Å²) >= 11 is 0. The van der Waals surface area contributed by atoms with Crippen LogP contribution in [0.2, 0.25) is 0 Å². The Morgan fingerprint density at radius 2 is 2.00 bits per heavy atom. The maximum absolute atomic E-state index is 12.1. The normalized spacial score (nSPS) is 59.9. The van der Waals surface area contributed by atoms with Gasteiger partial charge in [0.25, 0.3) is 0 Å². The fourth-order valence-corrected chi connectivity index (χ4v) is 8.74. The fourth-order valence-electron chi connectivity index (χ4n) is 8.74. The first-order valence-electron chi connectivity index (χ1n) is 10.7. The summed E-state index contributed by atoms with van der Waals surface area (Å²) in [6, 6.07) is 0. The Hall–Kier alpha value is -0.950. The van der Waals surface area contributed by atoms with Crippen LogP contribution in [0.4, 0.5) is 0 Å². The maximum Gasteiger partial charge on any atom is 0.303 e. The minimum Gasteiger partial charge on any atom is -0.456 e. The number of carbonyl (C=O) groups excluding carboxylic acids is 1. The molecule has 6 heteroatoms. The van der Waals surface area contributed by atoms with Gasteiger partial charge in [0, 0.05) is 30.1 Å². The van der Waals surface area contributed by atoms with Crippen molar-refractivity contribution in [1.82, 2.24) is 0 Å². The monoisotopic (exact) mass is 390 g/mol. The Morgan fingerprint density at radius 3 is 2.71 bits per heavy atom. The fraction of sp³-hybridized carbons (Fsp3) is 0.864. The molecule has 2 spiro atoms. The topological polar surface area (TPSA) is 88.5 Å². The highest BCUT2D eigenvalue weighted by Gasteiger charge is 2.88. The zero-order valence-electron chi connectivity index (χ0n) is 16.8. The van der Waals surface area contributed by atoms with Gasteiger partial charge in [0.15, 0.2) is 6.10 Å². The molecule has 7 aliphatic rings. The van der Waals surface area contributed by atoms with Crippen molar-refractivity contribution in [3.63, 3.8) is 0 Å². The van der Waals surface area contributed by atoms with Crippen molar-refractivity contribution < 1.29 is 29.2 Å². The molecule has 3 saturated heterocycles. The van der Waals surface area contributed by atoms with Crippen LogP contribution in [-0.2, 0) is 19.0 Å². The van der Waals surface area contributed by atoms with E-state index in [-0.39, 0.29) is 40.8 Å². The van der Waals surface area contributed by atoms with Gasteiger partial charge < -0.3 is 24.4 Å². The number of aliphatic hydroxyl groups excluding tert-OH is 1.